The fourth-order valence-electron chi connectivity index (χ4n) is 1.36. The van der Waals surface area contributed by atoms with Crippen LogP contribution in [0.4, 0.5) is 5.82 Å². The number of hydrogen-bond acceptors (Lipinski definition) is 4. The van der Waals surface area contributed by atoms with Gasteiger partial charge in [0, 0.05) is 13.5 Å². The average Bonchev–Trinajstić information content (AvgIpc) is 2.51. The molecule has 0 aromatic carbocycles. The van der Waals surface area contributed by atoms with Crippen LogP contribution in [-0.2, 0) is 11.3 Å². The molecule has 1 atom stereocenters. The second-order valence-electron chi connectivity index (χ2n) is 3.67. The van der Waals surface area contributed by atoms with E-state index in [4.69, 9.17) is 0 Å². The van der Waals surface area contributed by atoms with Crippen molar-refractivity contribution in [2.75, 3.05) is 18.9 Å². The number of amides is 1. The Balaban J connectivity index is 2.48. The maximum Gasteiger partial charge on any atom is 0.222 e. The van der Waals surface area contributed by atoms with Crippen LogP contribution in [0, 0.1) is 5.92 Å². The van der Waals surface area contributed by atoms with Crippen LogP contribution < -0.4 is 10.6 Å². The van der Waals surface area contributed by atoms with Crippen molar-refractivity contribution in [2.24, 2.45) is 5.92 Å². The monoisotopic (exact) mass is 211 g/mol. The van der Waals surface area contributed by atoms with Gasteiger partial charge in [0.25, 0.3) is 0 Å². The summed E-state index contributed by atoms with van der Waals surface area (Å²) in [6, 6.07) is 0. The summed E-state index contributed by atoms with van der Waals surface area (Å²) in [4.78, 5) is 10.7. The molecule has 2 N–H and O–H groups in total. The molecule has 0 fully saturated rings. The van der Waals surface area contributed by atoms with Crippen LogP contribution in [0.25, 0.3) is 0 Å². The highest BCUT2D eigenvalue weighted by Gasteiger charge is 2.05. The summed E-state index contributed by atoms with van der Waals surface area (Å²) < 4.78 is 1.73. The molecule has 0 bridgehead atoms. The van der Waals surface area contributed by atoms with Crippen LogP contribution in [0.3, 0.4) is 0 Å². The van der Waals surface area contributed by atoms with Crippen molar-refractivity contribution in [3.63, 3.8) is 0 Å². The Morgan fingerprint density at radius 3 is 3.00 bits per heavy atom. The van der Waals surface area contributed by atoms with Crippen LogP contribution in [0.1, 0.15) is 13.8 Å². The minimum atomic E-state index is -0.134. The molecule has 6 heteroatoms. The standard InChI is InChI=1S/C9H17N5O/c1-7(4-10-3)5-14-6-9(12-13-14)11-8(2)15/h6-7,10H,4-5H2,1-3H3,(H,11,15). The lowest BCUT2D eigenvalue weighted by molar-refractivity contribution is -0.114. The van der Waals surface area contributed by atoms with Gasteiger partial charge in [-0.25, -0.2) is 0 Å². The molecule has 1 unspecified atom stereocenters. The van der Waals surface area contributed by atoms with E-state index < -0.39 is 0 Å². The number of hydrogen-bond donors (Lipinski definition) is 2. The van der Waals surface area contributed by atoms with E-state index in [-0.39, 0.29) is 5.91 Å². The number of nitrogens with one attached hydrogen (secondary N) is 2. The number of carbonyl (C=O) groups excluding carboxylic acids is 1. The summed E-state index contributed by atoms with van der Waals surface area (Å²) >= 11 is 0. The van der Waals surface area contributed by atoms with Gasteiger partial charge in [-0.1, -0.05) is 12.1 Å². The Kier molecular flexibility index (Phi) is 4.23. The second-order valence-corrected chi connectivity index (χ2v) is 3.67. The largest absolute Gasteiger partial charge is 0.319 e. The summed E-state index contributed by atoms with van der Waals surface area (Å²) in [6.45, 7) is 5.28. The second kappa shape index (κ2) is 5.45. The molecule has 1 aromatic heterocycles. The molecule has 0 aliphatic rings. The van der Waals surface area contributed by atoms with E-state index in [1.54, 1.807) is 10.9 Å². The van der Waals surface area contributed by atoms with E-state index >= 15 is 0 Å². The normalized spacial score (nSPS) is 12.5. The van der Waals surface area contributed by atoms with Gasteiger partial charge in [-0.05, 0) is 19.5 Å². The highest BCUT2D eigenvalue weighted by molar-refractivity contribution is 5.87. The molecule has 1 rings (SSSR count). The predicted octanol–water partition coefficient (Wildman–Crippen LogP) is 0.0920. The first-order valence-electron chi connectivity index (χ1n) is 4.94. The molecular formula is C9H17N5O. The van der Waals surface area contributed by atoms with Gasteiger partial charge in [-0.15, -0.1) is 5.10 Å². The third-order valence-corrected chi connectivity index (χ3v) is 1.89. The van der Waals surface area contributed by atoms with E-state index in [9.17, 15) is 4.79 Å². The van der Waals surface area contributed by atoms with Crippen molar-refractivity contribution in [2.45, 2.75) is 20.4 Å². The lowest BCUT2D eigenvalue weighted by atomic mass is 10.2. The first-order valence-corrected chi connectivity index (χ1v) is 4.94. The van der Waals surface area contributed by atoms with Crippen molar-refractivity contribution in [1.29, 1.82) is 0 Å². The van der Waals surface area contributed by atoms with Crippen LogP contribution >= 0.6 is 0 Å². The van der Waals surface area contributed by atoms with Gasteiger partial charge < -0.3 is 10.6 Å². The van der Waals surface area contributed by atoms with Crippen molar-refractivity contribution in [3.05, 3.63) is 6.20 Å². The minimum Gasteiger partial charge on any atom is -0.319 e. The zero-order valence-electron chi connectivity index (χ0n) is 9.32. The maximum atomic E-state index is 10.7. The number of aromatic nitrogens is 3. The molecule has 0 aliphatic carbocycles. The number of rotatable bonds is 5. The van der Waals surface area contributed by atoms with Gasteiger partial charge >= 0.3 is 0 Å². The average molecular weight is 211 g/mol. The zero-order chi connectivity index (χ0) is 11.3. The Hall–Kier alpha value is -1.43. The first-order chi connectivity index (χ1) is 7.11. The van der Waals surface area contributed by atoms with Crippen LogP contribution in [0.5, 0.6) is 0 Å². The van der Waals surface area contributed by atoms with Gasteiger partial charge in [0.2, 0.25) is 5.91 Å². The Morgan fingerprint density at radius 2 is 2.40 bits per heavy atom. The highest BCUT2D eigenvalue weighted by Crippen LogP contribution is 2.03. The van der Waals surface area contributed by atoms with Crippen LogP contribution in [-0.4, -0.2) is 34.5 Å². The van der Waals surface area contributed by atoms with Gasteiger partial charge in [0.15, 0.2) is 5.82 Å². The van der Waals surface area contributed by atoms with E-state index in [1.807, 2.05) is 7.05 Å². The fraction of sp³-hybridized carbons (Fsp3) is 0.667. The van der Waals surface area contributed by atoms with E-state index in [1.165, 1.54) is 6.92 Å². The summed E-state index contributed by atoms with van der Waals surface area (Å²) in [5.74, 6) is 0.839. The van der Waals surface area contributed by atoms with Gasteiger partial charge in [0.05, 0.1) is 6.20 Å². The highest BCUT2D eigenvalue weighted by atomic mass is 16.1. The molecule has 1 aromatic rings. The predicted molar refractivity (Wildman–Crippen MR) is 57.4 cm³/mol. The summed E-state index contributed by atoms with van der Waals surface area (Å²) in [7, 11) is 1.92. The summed E-state index contributed by atoms with van der Waals surface area (Å²) in [5.41, 5.74) is 0. The van der Waals surface area contributed by atoms with Crippen molar-refractivity contribution >= 4 is 11.7 Å². The number of nitrogens with zero attached hydrogens (tertiary/aromatic N) is 3. The lowest BCUT2D eigenvalue weighted by Crippen LogP contribution is -2.20. The molecular weight excluding hydrogens is 194 g/mol. The molecule has 0 radical (unpaired) electrons. The number of carbonyl (C=O) groups is 1. The van der Waals surface area contributed by atoms with Gasteiger partial charge in [-0.2, -0.15) is 0 Å². The first kappa shape index (κ1) is 11.6. The zero-order valence-corrected chi connectivity index (χ0v) is 9.32. The van der Waals surface area contributed by atoms with Crippen molar-refractivity contribution < 1.29 is 4.79 Å². The summed E-state index contributed by atoms with van der Waals surface area (Å²) in [6.07, 6.45) is 1.73. The molecule has 1 amide bonds. The minimum absolute atomic E-state index is 0.134. The maximum absolute atomic E-state index is 10.7. The SMILES string of the molecule is CNCC(C)Cn1cc(NC(C)=O)nn1. The third-order valence-electron chi connectivity index (χ3n) is 1.89. The topological polar surface area (TPSA) is 71.8 Å². The van der Waals surface area contributed by atoms with Crippen molar-refractivity contribution in [1.82, 2.24) is 20.3 Å². The molecule has 0 spiro atoms. The molecule has 0 saturated carbocycles. The molecule has 6 nitrogen and oxygen atoms in total. The van der Waals surface area contributed by atoms with Gasteiger partial charge in [-0.3, -0.25) is 9.48 Å². The van der Waals surface area contributed by atoms with Gasteiger partial charge in [0.1, 0.15) is 0 Å². The third kappa shape index (κ3) is 4.07. The van der Waals surface area contributed by atoms with E-state index in [2.05, 4.69) is 27.9 Å². The van der Waals surface area contributed by atoms with Crippen LogP contribution in [0.2, 0.25) is 0 Å². The molecule has 84 valence electrons. The molecule has 0 aliphatic heterocycles. The lowest BCUT2D eigenvalue weighted by Gasteiger charge is -2.09. The molecule has 15 heavy (non-hydrogen) atoms. The van der Waals surface area contributed by atoms with Crippen LogP contribution in [0.15, 0.2) is 6.20 Å². The smallest absolute Gasteiger partial charge is 0.222 e. The van der Waals surface area contributed by atoms with E-state index in [0.29, 0.717) is 11.7 Å². The molecule has 0 saturated heterocycles. The Bertz CT molecular complexity index is 322. The quantitative estimate of drug-likeness (QED) is 0.724. The Morgan fingerprint density at radius 1 is 1.67 bits per heavy atom. The number of anilines is 1. The van der Waals surface area contributed by atoms with Crippen molar-refractivity contribution in [3.8, 4) is 0 Å². The Labute approximate surface area is 89.0 Å². The van der Waals surface area contributed by atoms with E-state index in [0.717, 1.165) is 13.1 Å². The molecule has 1 heterocycles. The summed E-state index contributed by atoms with van der Waals surface area (Å²) in [5, 5.41) is 13.4. The fourth-order valence-corrected chi connectivity index (χ4v) is 1.36.